The molecule has 1 fully saturated rings. The fraction of sp³-hybridized carbons (Fsp3) is 0.500. The zero-order valence-electron chi connectivity index (χ0n) is 9.77. The molecule has 2 N–H and O–H groups in total. The van der Waals surface area contributed by atoms with Gasteiger partial charge in [-0.1, -0.05) is 0 Å². The molecule has 5 heteroatoms. The molecule has 1 aliphatic rings. The van der Waals surface area contributed by atoms with Gasteiger partial charge in [-0.15, -0.1) is 0 Å². The monoisotopic (exact) mass is 236 g/mol. The summed E-state index contributed by atoms with van der Waals surface area (Å²) >= 11 is 0. The molecule has 17 heavy (non-hydrogen) atoms. The topological polar surface area (TPSA) is 75.4 Å². The number of nitro benzene ring substituents is 1. The number of nitrogens with zero attached hydrogens (tertiary/aromatic N) is 1. The summed E-state index contributed by atoms with van der Waals surface area (Å²) in [7, 11) is 0. The first-order valence-corrected chi connectivity index (χ1v) is 5.70. The van der Waals surface area contributed by atoms with E-state index >= 15 is 0 Å². The van der Waals surface area contributed by atoms with Crippen molar-refractivity contribution in [2.75, 3.05) is 11.9 Å². The zero-order valence-corrected chi connectivity index (χ0v) is 9.77. The first-order valence-electron chi connectivity index (χ1n) is 5.70. The van der Waals surface area contributed by atoms with Crippen molar-refractivity contribution in [3.63, 3.8) is 0 Å². The SMILES string of the molecule is Cc1cc([N+](=O)[O-])ccc1NC1(CO)CCC1. The third kappa shape index (κ3) is 2.24. The van der Waals surface area contributed by atoms with Crippen molar-refractivity contribution in [1.29, 1.82) is 0 Å². The molecule has 0 spiro atoms. The van der Waals surface area contributed by atoms with Crippen LogP contribution in [0.4, 0.5) is 11.4 Å². The molecule has 2 rings (SSSR count). The Morgan fingerprint density at radius 3 is 2.65 bits per heavy atom. The van der Waals surface area contributed by atoms with Gasteiger partial charge >= 0.3 is 0 Å². The predicted molar refractivity (Wildman–Crippen MR) is 65.1 cm³/mol. The van der Waals surface area contributed by atoms with Gasteiger partial charge in [0.05, 0.1) is 17.1 Å². The lowest BCUT2D eigenvalue weighted by Gasteiger charge is -2.42. The lowest BCUT2D eigenvalue weighted by Crippen LogP contribution is -2.48. The maximum Gasteiger partial charge on any atom is 0.269 e. The van der Waals surface area contributed by atoms with Gasteiger partial charge in [0.1, 0.15) is 0 Å². The van der Waals surface area contributed by atoms with Crippen LogP contribution in [0.1, 0.15) is 24.8 Å². The Kier molecular flexibility index (Phi) is 3.02. The van der Waals surface area contributed by atoms with Crippen molar-refractivity contribution in [3.8, 4) is 0 Å². The largest absolute Gasteiger partial charge is 0.394 e. The van der Waals surface area contributed by atoms with E-state index < -0.39 is 4.92 Å². The van der Waals surface area contributed by atoms with Crippen molar-refractivity contribution in [3.05, 3.63) is 33.9 Å². The maximum absolute atomic E-state index is 10.6. The van der Waals surface area contributed by atoms with Gasteiger partial charge in [0.25, 0.3) is 5.69 Å². The molecule has 1 aliphatic carbocycles. The Labute approximate surface area is 99.6 Å². The number of aliphatic hydroxyl groups excluding tert-OH is 1. The van der Waals surface area contributed by atoms with Crippen LogP contribution < -0.4 is 5.32 Å². The lowest BCUT2D eigenvalue weighted by atomic mass is 9.77. The Balaban J connectivity index is 2.19. The first-order chi connectivity index (χ1) is 8.06. The van der Waals surface area contributed by atoms with Crippen LogP contribution in [0.25, 0.3) is 0 Å². The van der Waals surface area contributed by atoms with Crippen LogP contribution in [0.3, 0.4) is 0 Å². The standard InChI is InChI=1S/C12H16N2O3/c1-9-7-10(14(16)17)3-4-11(9)13-12(8-15)5-2-6-12/h3-4,7,13,15H,2,5-6,8H2,1H3. The summed E-state index contributed by atoms with van der Waals surface area (Å²) in [5.74, 6) is 0. The molecule has 1 aromatic carbocycles. The summed E-state index contributed by atoms with van der Waals surface area (Å²) in [6.07, 6.45) is 3.00. The van der Waals surface area contributed by atoms with E-state index in [1.54, 1.807) is 12.1 Å². The number of non-ortho nitro benzene ring substituents is 1. The average molecular weight is 236 g/mol. The number of rotatable bonds is 4. The molecule has 0 radical (unpaired) electrons. The number of aliphatic hydroxyl groups is 1. The van der Waals surface area contributed by atoms with Gasteiger partial charge in [-0.3, -0.25) is 10.1 Å². The van der Waals surface area contributed by atoms with E-state index in [4.69, 9.17) is 0 Å². The maximum atomic E-state index is 10.6. The molecule has 0 amide bonds. The van der Waals surface area contributed by atoms with Crippen molar-refractivity contribution >= 4 is 11.4 Å². The quantitative estimate of drug-likeness (QED) is 0.621. The Morgan fingerprint density at radius 2 is 2.24 bits per heavy atom. The van der Waals surface area contributed by atoms with Gasteiger partial charge in [0.15, 0.2) is 0 Å². The highest BCUT2D eigenvalue weighted by molar-refractivity contribution is 5.57. The van der Waals surface area contributed by atoms with Gasteiger partial charge in [-0.25, -0.2) is 0 Å². The first kappa shape index (κ1) is 11.9. The Hall–Kier alpha value is -1.62. The number of aryl methyl sites for hydroxylation is 1. The van der Waals surface area contributed by atoms with E-state index in [1.807, 2.05) is 6.92 Å². The second-order valence-electron chi connectivity index (χ2n) is 4.67. The number of hydrogen-bond acceptors (Lipinski definition) is 4. The fourth-order valence-electron chi connectivity index (χ4n) is 2.11. The predicted octanol–water partition coefficient (Wildman–Crippen LogP) is 2.23. The Morgan fingerprint density at radius 1 is 1.53 bits per heavy atom. The zero-order chi connectivity index (χ0) is 12.5. The van der Waals surface area contributed by atoms with Crippen LogP contribution in [0.15, 0.2) is 18.2 Å². The normalized spacial score (nSPS) is 17.3. The molecule has 0 heterocycles. The number of nitro groups is 1. The summed E-state index contributed by atoms with van der Waals surface area (Å²) in [5.41, 5.74) is 1.57. The van der Waals surface area contributed by atoms with Crippen molar-refractivity contribution in [1.82, 2.24) is 0 Å². The average Bonchev–Trinajstić information content (AvgIpc) is 2.25. The molecule has 0 saturated heterocycles. The van der Waals surface area contributed by atoms with Crippen LogP contribution in [0.5, 0.6) is 0 Å². The molecule has 1 saturated carbocycles. The number of hydrogen-bond donors (Lipinski definition) is 2. The molecular formula is C12H16N2O3. The smallest absolute Gasteiger partial charge is 0.269 e. The van der Waals surface area contributed by atoms with Crippen LogP contribution >= 0.6 is 0 Å². The molecule has 0 aliphatic heterocycles. The third-order valence-corrected chi connectivity index (χ3v) is 3.43. The fourth-order valence-corrected chi connectivity index (χ4v) is 2.11. The van der Waals surface area contributed by atoms with E-state index in [-0.39, 0.29) is 17.8 Å². The highest BCUT2D eigenvalue weighted by atomic mass is 16.6. The van der Waals surface area contributed by atoms with E-state index in [2.05, 4.69) is 5.32 Å². The summed E-state index contributed by atoms with van der Waals surface area (Å²) in [5, 5.41) is 23.3. The Bertz CT molecular complexity index is 436. The van der Waals surface area contributed by atoms with Gasteiger partial charge in [-0.05, 0) is 37.8 Å². The van der Waals surface area contributed by atoms with Crippen LogP contribution in [0.2, 0.25) is 0 Å². The molecule has 1 aromatic rings. The van der Waals surface area contributed by atoms with Crippen LogP contribution in [0, 0.1) is 17.0 Å². The number of benzene rings is 1. The van der Waals surface area contributed by atoms with Crippen LogP contribution in [-0.2, 0) is 0 Å². The molecule has 0 aromatic heterocycles. The van der Waals surface area contributed by atoms with E-state index in [0.29, 0.717) is 0 Å². The van der Waals surface area contributed by atoms with Gasteiger partial charge in [0, 0.05) is 17.8 Å². The minimum atomic E-state index is -0.401. The molecule has 92 valence electrons. The van der Waals surface area contributed by atoms with E-state index in [1.165, 1.54) is 6.07 Å². The minimum absolute atomic E-state index is 0.0970. The van der Waals surface area contributed by atoms with Crippen molar-refractivity contribution < 1.29 is 10.0 Å². The minimum Gasteiger partial charge on any atom is -0.394 e. The van der Waals surface area contributed by atoms with E-state index in [0.717, 1.165) is 30.5 Å². The second kappa shape index (κ2) is 4.33. The van der Waals surface area contributed by atoms with Gasteiger partial charge in [0.2, 0.25) is 0 Å². The molecular weight excluding hydrogens is 220 g/mol. The van der Waals surface area contributed by atoms with Crippen molar-refractivity contribution in [2.24, 2.45) is 0 Å². The third-order valence-electron chi connectivity index (χ3n) is 3.43. The van der Waals surface area contributed by atoms with Crippen molar-refractivity contribution in [2.45, 2.75) is 31.7 Å². The molecule has 5 nitrogen and oxygen atoms in total. The second-order valence-corrected chi connectivity index (χ2v) is 4.67. The molecule has 0 unspecified atom stereocenters. The highest BCUT2D eigenvalue weighted by Crippen LogP contribution is 2.36. The lowest BCUT2D eigenvalue weighted by molar-refractivity contribution is -0.384. The highest BCUT2D eigenvalue weighted by Gasteiger charge is 2.36. The number of anilines is 1. The van der Waals surface area contributed by atoms with Gasteiger partial charge in [-0.2, -0.15) is 0 Å². The molecule has 0 bridgehead atoms. The van der Waals surface area contributed by atoms with E-state index in [9.17, 15) is 15.2 Å². The van der Waals surface area contributed by atoms with Crippen LogP contribution in [-0.4, -0.2) is 22.2 Å². The summed E-state index contributed by atoms with van der Waals surface area (Å²) in [4.78, 5) is 10.2. The summed E-state index contributed by atoms with van der Waals surface area (Å²) in [6, 6.07) is 4.74. The summed E-state index contributed by atoms with van der Waals surface area (Å²) in [6.45, 7) is 1.93. The molecule has 0 atom stereocenters. The van der Waals surface area contributed by atoms with Gasteiger partial charge < -0.3 is 10.4 Å². The number of nitrogens with one attached hydrogen (secondary N) is 1. The summed E-state index contributed by atoms with van der Waals surface area (Å²) < 4.78 is 0.